The molecule has 140 valence electrons. The van der Waals surface area contributed by atoms with E-state index in [4.69, 9.17) is 0 Å². The summed E-state index contributed by atoms with van der Waals surface area (Å²) in [6.07, 6.45) is -0.594. The Kier molecular flexibility index (Phi) is 6.46. The minimum absolute atomic E-state index is 0.0245. The highest BCUT2D eigenvalue weighted by Crippen LogP contribution is 2.44. The van der Waals surface area contributed by atoms with Crippen LogP contribution in [0.25, 0.3) is 11.1 Å². The van der Waals surface area contributed by atoms with E-state index in [2.05, 4.69) is 6.92 Å². The highest BCUT2D eigenvalue weighted by atomic mass is 19.4. The van der Waals surface area contributed by atoms with E-state index in [0.717, 1.165) is 31.2 Å². The fraction of sp³-hybridized carbons (Fsp3) is 0.381. The highest BCUT2D eigenvalue weighted by molar-refractivity contribution is 5.99. The normalized spacial score (nSPS) is 11.6. The SMILES string of the molecule is CCCCCc1ccc(-c2ccc(C(=O)CC)c(O)c2C(F)(F)F)cc1. The van der Waals surface area contributed by atoms with Crippen molar-refractivity contribution >= 4 is 5.78 Å². The summed E-state index contributed by atoms with van der Waals surface area (Å²) in [7, 11) is 0. The number of phenolic OH excluding ortho intramolecular Hbond substituents is 1. The van der Waals surface area contributed by atoms with Crippen LogP contribution in [0.15, 0.2) is 36.4 Å². The fourth-order valence-electron chi connectivity index (χ4n) is 2.96. The Morgan fingerprint density at radius 1 is 1.00 bits per heavy atom. The Bertz CT molecular complexity index is 762. The van der Waals surface area contributed by atoms with E-state index in [9.17, 15) is 23.1 Å². The van der Waals surface area contributed by atoms with Gasteiger partial charge in [-0.1, -0.05) is 57.0 Å². The largest absolute Gasteiger partial charge is 0.507 e. The molecule has 1 N–H and O–H groups in total. The van der Waals surface area contributed by atoms with Crippen LogP contribution in [0.4, 0.5) is 13.2 Å². The van der Waals surface area contributed by atoms with E-state index in [1.165, 1.54) is 12.1 Å². The Balaban J connectivity index is 2.45. The van der Waals surface area contributed by atoms with E-state index in [1.807, 2.05) is 12.1 Å². The van der Waals surface area contributed by atoms with Crippen molar-refractivity contribution in [2.75, 3.05) is 0 Å². The van der Waals surface area contributed by atoms with E-state index >= 15 is 0 Å². The molecule has 26 heavy (non-hydrogen) atoms. The van der Waals surface area contributed by atoms with Gasteiger partial charge >= 0.3 is 6.18 Å². The predicted molar refractivity (Wildman–Crippen MR) is 96.4 cm³/mol. The number of carbonyl (C=O) groups excluding carboxylic acids is 1. The number of unbranched alkanes of at least 4 members (excludes halogenated alkanes) is 2. The molecule has 0 amide bonds. The molecule has 0 spiro atoms. The second kappa shape index (κ2) is 8.39. The molecule has 5 heteroatoms. The summed E-state index contributed by atoms with van der Waals surface area (Å²) >= 11 is 0. The molecule has 0 saturated heterocycles. The minimum atomic E-state index is -4.76. The van der Waals surface area contributed by atoms with Gasteiger partial charge in [-0.25, -0.2) is 0 Å². The molecule has 2 aromatic rings. The molecule has 2 nitrogen and oxygen atoms in total. The molecule has 0 aromatic heterocycles. The Morgan fingerprint density at radius 3 is 2.19 bits per heavy atom. The van der Waals surface area contributed by atoms with E-state index in [0.29, 0.717) is 5.56 Å². The zero-order valence-electron chi connectivity index (χ0n) is 15.0. The predicted octanol–water partition coefficient (Wildman–Crippen LogP) is 6.40. The van der Waals surface area contributed by atoms with E-state index in [-0.39, 0.29) is 17.5 Å². The summed E-state index contributed by atoms with van der Waals surface area (Å²) in [6.45, 7) is 3.65. The third-order valence-electron chi connectivity index (χ3n) is 4.42. The number of carbonyl (C=O) groups is 1. The van der Waals surface area contributed by atoms with Gasteiger partial charge in [0.25, 0.3) is 0 Å². The van der Waals surface area contributed by atoms with Crippen molar-refractivity contribution in [3.63, 3.8) is 0 Å². The molecule has 0 aliphatic carbocycles. The number of halogens is 3. The monoisotopic (exact) mass is 364 g/mol. The summed E-state index contributed by atoms with van der Waals surface area (Å²) in [5, 5.41) is 10.1. The van der Waals surface area contributed by atoms with Gasteiger partial charge in [0.2, 0.25) is 0 Å². The molecule has 0 aliphatic heterocycles. The van der Waals surface area contributed by atoms with Gasteiger partial charge in [0.05, 0.1) is 5.56 Å². The first-order valence-corrected chi connectivity index (χ1v) is 8.85. The smallest absolute Gasteiger partial charge is 0.420 e. The van der Waals surface area contributed by atoms with E-state index in [1.54, 1.807) is 19.1 Å². The quantitative estimate of drug-likeness (QED) is 0.456. The molecule has 2 aromatic carbocycles. The van der Waals surface area contributed by atoms with Gasteiger partial charge in [0, 0.05) is 6.42 Å². The summed E-state index contributed by atoms with van der Waals surface area (Å²) < 4.78 is 40.7. The molecule has 0 heterocycles. The van der Waals surface area contributed by atoms with Crippen LogP contribution in [-0.4, -0.2) is 10.9 Å². The van der Waals surface area contributed by atoms with Gasteiger partial charge in [0.15, 0.2) is 5.78 Å². The van der Waals surface area contributed by atoms with Crippen molar-refractivity contribution in [2.45, 2.75) is 52.1 Å². The van der Waals surface area contributed by atoms with Crippen molar-refractivity contribution in [1.29, 1.82) is 0 Å². The molecule has 0 atom stereocenters. The summed E-state index contributed by atoms with van der Waals surface area (Å²) in [5.41, 5.74) is -0.141. The number of Topliss-reactive ketones (excluding diaryl/α,β-unsaturated/α-hetero) is 1. The first-order chi connectivity index (χ1) is 12.3. The maximum Gasteiger partial charge on any atom is 0.420 e. The zero-order valence-corrected chi connectivity index (χ0v) is 15.0. The summed E-state index contributed by atoms with van der Waals surface area (Å²) in [6, 6.07) is 9.41. The van der Waals surface area contributed by atoms with Crippen LogP contribution in [-0.2, 0) is 12.6 Å². The first-order valence-electron chi connectivity index (χ1n) is 8.85. The van der Waals surface area contributed by atoms with Crippen LogP contribution < -0.4 is 0 Å². The van der Waals surface area contributed by atoms with Gasteiger partial charge in [-0.05, 0) is 35.6 Å². The molecule has 0 bridgehead atoms. The molecule has 0 aliphatic rings. The topological polar surface area (TPSA) is 37.3 Å². The molecule has 0 unspecified atom stereocenters. The van der Waals surface area contributed by atoms with Gasteiger partial charge in [-0.2, -0.15) is 13.2 Å². The Morgan fingerprint density at radius 2 is 1.65 bits per heavy atom. The van der Waals surface area contributed by atoms with Crippen molar-refractivity contribution in [2.24, 2.45) is 0 Å². The third-order valence-corrected chi connectivity index (χ3v) is 4.42. The number of aryl methyl sites for hydroxylation is 1. The molecule has 0 fully saturated rings. The van der Waals surface area contributed by atoms with Gasteiger partial charge in [-0.15, -0.1) is 0 Å². The van der Waals surface area contributed by atoms with Crippen molar-refractivity contribution in [3.8, 4) is 16.9 Å². The van der Waals surface area contributed by atoms with Crippen molar-refractivity contribution < 1.29 is 23.1 Å². The second-order valence-electron chi connectivity index (χ2n) is 6.31. The lowest BCUT2D eigenvalue weighted by atomic mass is 9.93. The molecule has 2 rings (SSSR count). The minimum Gasteiger partial charge on any atom is -0.507 e. The lowest BCUT2D eigenvalue weighted by Gasteiger charge is -2.17. The number of rotatable bonds is 7. The lowest BCUT2D eigenvalue weighted by molar-refractivity contribution is -0.138. The first kappa shape index (κ1) is 20.0. The number of phenols is 1. The van der Waals surface area contributed by atoms with Crippen LogP contribution in [0.5, 0.6) is 5.75 Å². The number of aromatic hydroxyl groups is 1. The van der Waals surface area contributed by atoms with Crippen molar-refractivity contribution in [1.82, 2.24) is 0 Å². The number of alkyl halides is 3. The van der Waals surface area contributed by atoms with Crippen molar-refractivity contribution in [3.05, 3.63) is 53.1 Å². The molecule has 0 radical (unpaired) electrons. The number of ketones is 1. The molecular formula is C21H23F3O2. The van der Waals surface area contributed by atoms with Gasteiger partial charge in [-0.3, -0.25) is 4.79 Å². The Labute approximate surface area is 151 Å². The van der Waals surface area contributed by atoms with Crippen LogP contribution >= 0.6 is 0 Å². The highest BCUT2D eigenvalue weighted by Gasteiger charge is 2.38. The second-order valence-corrected chi connectivity index (χ2v) is 6.31. The maximum atomic E-state index is 13.6. The molecular weight excluding hydrogens is 341 g/mol. The summed E-state index contributed by atoms with van der Waals surface area (Å²) in [5.74, 6) is -1.51. The maximum absolute atomic E-state index is 13.6. The standard InChI is InChI=1S/C21H23F3O2/c1-3-5-6-7-14-8-10-15(11-9-14)16-12-13-17(18(25)4-2)20(26)19(16)21(22,23)24/h8-13,26H,3-7H2,1-2H3. The average molecular weight is 364 g/mol. The zero-order chi connectivity index (χ0) is 19.3. The van der Waals surface area contributed by atoms with Gasteiger partial charge in [0.1, 0.15) is 11.3 Å². The lowest BCUT2D eigenvalue weighted by Crippen LogP contribution is -2.10. The number of hydrogen-bond donors (Lipinski definition) is 1. The third kappa shape index (κ3) is 4.45. The summed E-state index contributed by atoms with van der Waals surface area (Å²) in [4.78, 5) is 11.8. The molecule has 0 saturated carbocycles. The number of benzene rings is 2. The van der Waals surface area contributed by atoms with Crippen LogP contribution in [0.1, 0.15) is 61.0 Å². The van der Waals surface area contributed by atoms with Gasteiger partial charge < -0.3 is 5.11 Å². The van der Waals surface area contributed by atoms with Crippen LogP contribution in [0, 0.1) is 0 Å². The number of hydrogen-bond acceptors (Lipinski definition) is 2. The Hall–Kier alpha value is -2.30. The van der Waals surface area contributed by atoms with Crippen LogP contribution in [0.2, 0.25) is 0 Å². The van der Waals surface area contributed by atoms with Crippen LogP contribution in [0.3, 0.4) is 0 Å². The fourth-order valence-corrected chi connectivity index (χ4v) is 2.96. The average Bonchev–Trinajstić information content (AvgIpc) is 2.60. The van der Waals surface area contributed by atoms with E-state index < -0.39 is 23.3 Å².